The lowest BCUT2D eigenvalue weighted by molar-refractivity contribution is -0.0163. The summed E-state index contributed by atoms with van der Waals surface area (Å²) in [7, 11) is 0. The smallest absolute Gasteiger partial charge is 0.119 e. The van der Waals surface area contributed by atoms with Crippen LogP contribution in [0.3, 0.4) is 0 Å². The zero-order valence-electron chi connectivity index (χ0n) is 10.9. The largest absolute Gasteiger partial charge is 0.491 e. The molecule has 96 valence electrons. The Morgan fingerprint density at radius 3 is 2.24 bits per heavy atom. The van der Waals surface area contributed by atoms with Crippen LogP contribution in [0.15, 0.2) is 24.3 Å². The van der Waals surface area contributed by atoms with Gasteiger partial charge in [0.05, 0.1) is 12.2 Å². The van der Waals surface area contributed by atoms with E-state index in [2.05, 4.69) is 0 Å². The lowest BCUT2D eigenvalue weighted by Crippen LogP contribution is -2.22. The van der Waals surface area contributed by atoms with Gasteiger partial charge in [-0.1, -0.05) is 12.1 Å². The van der Waals surface area contributed by atoms with Crippen molar-refractivity contribution in [3.05, 3.63) is 29.8 Å². The van der Waals surface area contributed by atoms with E-state index in [9.17, 15) is 0 Å². The van der Waals surface area contributed by atoms with Gasteiger partial charge >= 0.3 is 0 Å². The van der Waals surface area contributed by atoms with Gasteiger partial charge in [-0.2, -0.15) is 0 Å². The second kappa shape index (κ2) is 6.62. The maximum absolute atomic E-state index is 8.79. The molecule has 0 bridgehead atoms. The second-order valence-corrected chi connectivity index (χ2v) is 4.93. The van der Waals surface area contributed by atoms with Gasteiger partial charge in [-0.25, -0.2) is 0 Å². The molecule has 17 heavy (non-hydrogen) atoms. The molecule has 1 aromatic rings. The molecule has 0 saturated carbocycles. The van der Waals surface area contributed by atoms with Crippen LogP contribution in [0.2, 0.25) is 0 Å². The zero-order chi connectivity index (χ0) is 12.7. The molecule has 1 aromatic carbocycles. The van der Waals surface area contributed by atoms with E-state index in [4.69, 9.17) is 14.6 Å². The Morgan fingerprint density at radius 1 is 1.06 bits per heavy atom. The highest BCUT2D eigenvalue weighted by atomic mass is 16.5. The Kier molecular flexibility index (Phi) is 5.45. The van der Waals surface area contributed by atoms with E-state index in [0.29, 0.717) is 19.6 Å². The molecule has 0 radical (unpaired) electrons. The molecule has 0 aliphatic rings. The first-order chi connectivity index (χ1) is 8.01. The summed E-state index contributed by atoms with van der Waals surface area (Å²) in [5.41, 5.74) is 1.000. The van der Waals surface area contributed by atoms with E-state index in [0.717, 1.165) is 11.3 Å². The number of hydrogen-bond donors (Lipinski definition) is 1. The Balaban J connectivity index is 2.27. The Morgan fingerprint density at radius 2 is 1.71 bits per heavy atom. The molecule has 1 N–H and O–H groups in total. The van der Waals surface area contributed by atoms with Crippen molar-refractivity contribution in [2.24, 2.45) is 0 Å². The Labute approximate surface area is 103 Å². The molecule has 3 nitrogen and oxygen atoms in total. The van der Waals surface area contributed by atoms with Crippen LogP contribution in [0.25, 0.3) is 0 Å². The molecule has 0 fully saturated rings. The van der Waals surface area contributed by atoms with Crippen molar-refractivity contribution >= 4 is 0 Å². The van der Waals surface area contributed by atoms with Gasteiger partial charge in [0, 0.05) is 6.61 Å². The third kappa shape index (κ3) is 6.29. The average Bonchev–Trinajstić information content (AvgIpc) is 2.26. The first-order valence-electron chi connectivity index (χ1n) is 5.98. The maximum atomic E-state index is 8.79. The Bertz CT molecular complexity index is 311. The highest BCUT2D eigenvalue weighted by molar-refractivity contribution is 5.27. The normalized spacial score (nSPS) is 11.5. The summed E-state index contributed by atoms with van der Waals surface area (Å²) in [6.45, 7) is 7.39. The third-order valence-electron chi connectivity index (χ3n) is 2.21. The molecule has 0 aliphatic heterocycles. The van der Waals surface area contributed by atoms with Gasteiger partial charge in [-0.05, 0) is 44.9 Å². The highest BCUT2D eigenvalue weighted by Gasteiger charge is 2.09. The van der Waals surface area contributed by atoms with Crippen molar-refractivity contribution in [2.45, 2.75) is 32.8 Å². The predicted molar refractivity (Wildman–Crippen MR) is 68.4 cm³/mol. The van der Waals surface area contributed by atoms with E-state index in [-0.39, 0.29) is 12.2 Å². The summed E-state index contributed by atoms with van der Waals surface area (Å²) in [5.74, 6) is 0.837. The molecule has 0 aliphatic carbocycles. The highest BCUT2D eigenvalue weighted by Crippen LogP contribution is 2.13. The Hall–Kier alpha value is -1.06. The van der Waals surface area contributed by atoms with Gasteiger partial charge in [0.15, 0.2) is 0 Å². The lowest BCUT2D eigenvalue weighted by atomic mass is 10.1. The molecular weight excluding hydrogens is 216 g/mol. The van der Waals surface area contributed by atoms with Crippen LogP contribution in [0, 0.1) is 0 Å². The van der Waals surface area contributed by atoms with Crippen LogP contribution in [-0.2, 0) is 11.2 Å². The first kappa shape index (κ1) is 14.0. The molecule has 3 heteroatoms. The summed E-state index contributed by atoms with van der Waals surface area (Å²) in [6.07, 6.45) is 0.688. The summed E-state index contributed by atoms with van der Waals surface area (Å²) in [5, 5.41) is 8.79. The number of benzene rings is 1. The molecule has 0 atom stereocenters. The van der Waals surface area contributed by atoms with E-state index in [1.807, 2.05) is 45.0 Å². The predicted octanol–water partition coefficient (Wildman–Crippen LogP) is 2.42. The summed E-state index contributed by atoms with van der Waals surface area (Å²) >= 11 is 0. The SMILES string of the molecule is CC(C)(C)OCCOc1ccc(CCO)cc1. The van der Waals surface area contributed by atoms with Crippen LogP contribution < -0.4 is 4.74 Å². The van der Waals surface area contributed by atoms with Crippen molar-refractivity contribution in [3.63, 3.8) is 0 Å². The van der Waals surface area contributed by atoms with Crippen molar-refractivity contribution < 1.29 is 14.6 Å². The van der Waals surface area contributed by atoms with Crippen molar-refractivity contribution in [3.8, 4) is 5.75 Å². The molecule has 0 saturated heterocycles. The molecular formula is C14H22O3. The van der Waals surface area contributed by atoms with Gasteiger partial charge in [-0.3, -0.25) is 0 Å². The fourth-order valence-electron chi connectivity index (χ4n) is 1.39. The average molecular weight is 238 g/mol. The van der Waals surface area contributed by atoms with Gasteiger partial charge in [0.25, 0.3) is 0 Å². The summed E-state index contributed by atoms with van der Waals surface area (Å²) < 4.78 is 11.1. The molecule has 0 heterocycles. The van der Waals surface area contributed by atoms with Gasteiger partial charge in [0.1, 0.15) is 12.4 Å². The lowest BCUT2D eigenvalue weighted by Gasteiger charge is -2.19. The number of ether oxygens (including phenoxy) is 2. The van der Waals surface area contributed by atoms with Crippen LogP contribution in [0.4, 0.5) is 0 Å². The van der Waals surface area contributed by atoms with Gasteiger partial charge in [-0.15, -0.1) is 0 Å². The first-order valence-corrected chi connectivity index (χ1v) is 5.98. The van der Waals surface area contributed by atoms with Gasteiger partial charge in [0.2, 0.25) is 0 Å². The van der Waals surface area contributed by atoms with E-state index < -0.39 is 0 Å². The molecule has 0 aromatic heterocycles. The number of aliphatic hydroxyl groups excluding tert-OH is 1. The van der Waals surface area contributed by atoms with Crippen molar-refractivity contribution in [2.75, 3.05) is 19.8 Å². The minimum atomic E-state index is -0.117. The van der Waals surface area contributed by atoms with E-state index in [1.54, 1.807) is 0 Å². The van der Waals surface area contributed by atoms with E-state index in [1.165, 1.54) is 0 Å². The summed E-state index contributed by atoms with van der Waals surface area (Å²) in [4.78, 5) is 0. The molecule has 1 rings (SSSR count). The topological polar surface area (TPSA) is 38.7 Å². The van der Waals surface area contributed by atoms with Crippen LogP contribution in [0.1, 0.15) is 26.3 Å². The maximum Gasteiger partial charge on any atom is 0.119 e. The quantitative estimate of drug-likeness (QED) is 0.773. The summed E-state index contributed by atoms with van der Waals surface area (Å²) in [6, 6.07) is 7.77. The van der Waals surface area contributed by atoms with E-state index >= 15 is 0 Å². The number of rotatable bonds is 6. The van der Waals surface area contributed by atoms with Crippen LogP contribution in [0.5, 0.6) is 5.75 Å². The van der Waals surface area contributed by atoms with Crippen molar-refractivity contribution in [1.82, 2.24) is 0 Å². The third-order valence-corrected chi connectivity index (χ3v) is 2.21. The van der Waals surface area contributed by atoms with Crippen molar-refractivity contribution in [1.29, 1.82) is 0 Å². The standard InChI is InChI=1S/C14H22O3/c1-14(2,3)17-11-10-16-13-6-4-12(5-7-13)8-9-15/h4-7,15H,8-11H2,1-3H3. The van der Waals surface area contributed by atoms with Crippen LogP contribution >= 0.6 is 0 Å². The minimum Gasteiger partial charge on any atom is -0.491 e. The number of aliphatic hydroxyl groups is 1. The fourth-order valence-corrected chi connectivity index (χ4v) is 1.39. The molecule has 0 spiro atoms. The van der Waals surface area contributed by atoms with Gasteiger partial charge < -0.3 is 14.6 Å². The fraction of sp³-hybridized carbons (Fsp3) is 0.571. The van der Waals surface area contributed by atoms with Crippen LogP contribution in [-0.4, -0.2) is 30.5 Å². The minimum absolute atomic E-state index is 0.117. The monoisotopic (exact) mass is 238 g/mol. The molecule has 0 amide bonds. The second-order valence-electron chi connectivity index (χ2n) is 4.93. The zero-order valence-corrected chi connectivity index (χ0v) is 10.9. The number of hydrogen-bond acceptors (Lipinski definition) is 3. The molecule has 0 unspecified atom stereocenters.